The number of fused-ring (bicyclic) bond motifs is 2. The first-order chi connectivity index (χ1) is 12.0. The number of benzene rings is 1. The highest BCUT2D eigenvalue weighted by molar-refractivity contribution is 5.99. The van der Waals surface area contributed by atoms with Crippen LogP contribution in [0.25, 0.3) is 0 Å². The second-order valence-electron chi connectivity index (χ2n) is 7.53. The summed E-state index contributed by atoms with van der Waals surface area (Å²) < 4.78 is 0. The quantitative estimate of drug-likeness (QED) is 0.662. The van der Waals surface area contributed by atoms with Crippen LogP contribution in [0.5, 0.6) is 0 Å². The molecule has 0 aliphatic carbocycles. The molecule has 0 spiro atoms. The van der Waals surface area contributed by atoms with Crippen LogP contribution in [-0.2, 0) is 4.79 Å². The Bertz CT molecular complexity index is 620. The van der Waals surface area contributed by atoms with E-state index in [0.29, 0.717) is 35.8 Å². The number of carbonyl (C=O) groups is 2. The van der Waals surface area contributed by atoms with E-state index in [1.54, 1.807) is 6.07 Å². The van der Waals surface area contributed by atoms with Crippen LogP contribution in [0.3, 0.4) is 0 Å². The molecule has 2 saturated heterocycles. The summed E-state index contributed by atoms with van der Waals surface area (Å²) in [5.74, 6) is 0.466. The molecule has 2 aliphatic heterocycles. The smallest absolute Gasteiger partial charge is 0.319 e. The van der Waals surface area contributed by atoms with Crippen molar-refractivity contribution in [3.8, 4) is 0 Å². The lowest BCUT2D eigenvalue weighted by molar-refractivity contribution is -0.117. The van der Waals surface area contributed by atoms with E-state index in [2.05, 4.69) is 21.3 Å². The van der Waals surface area contributed by atoms with Gasteiger partial charge in [0.05, 0.1) is 11.4 Å². The fourth-order valence-corrected chi connectivity index (χ4v) is 3.93. The number of rotatable bonds is 5. The summed E-state index contributed by atoms with van der Waals surface area (Å²) in [5, 5.41) is 12.2. The van der Waals surface area contributed by atoms with Crippen LogP contribution in [0.4, 0.5) is 16.2 Å². The summed E-state index contributed by atoms with van der Waals surface area (Å²) in [6, 6.07) is 8.26. The van der Waals surface area contributed by atoms with Gasteiger partial charge in [-0.05, 0) is 57.6 Å². The zero-order valence-electron chi connectivity index (χ0n) is 15.0. The first kappa shape index (κ1) is 17.7. The Balaban J connectivity index is 1.56. The van der Waals surface area contributed by atoms with E-state index in [1.165, 1.54) is 12.8 Å². The average Bonchev–Trinajstić information content (AvgIpc) is 2.87. The van der Waals surface area contributed by atoms with E-state index in [-0.39, 0.29) is 18.0 Å². The number of hydrogen-bond donors (Lipinski definition) is 4. The number of anilines is 2. The minimum Gasteiger partial charge on any atom is -0.336 e. The van der Waals surface area contributed by atoms with Gasteiger partial charge >= 0.3 is 6.03 Å². The average molecular weight is 344 g/mol. The summed E-state index contributed by atoms with van der Waals surface area (Å²) in [7, 11) is 0. The van der Waals surface area contributed by atoms with Gasteiger partial charge in [-0.3, -0.25) is 4.79 Å². The molecule has 0 saturated carbocycles. The normalized spacial score (nSPS) is 24.8. The Morgan fingerprint density at radius 1 is 1.08 bits per heavy atom. The Kier molecular flexibility index (Phi) is 5.58. The van der Waals surface area contributed by atoms with Crippen molar-refractivity contribution in [1.82, 2.24) is 10.6 Å². The highest BCUT2D eigenvalue weighted by Gasteiger charge is 2.34. The van der Waals surface area contributed by atoms with E-state index in [0.717, 1.165) is 12.8 Å². The predicted molar refractivity (Wildman–Crippen MR) is 99.6 cm³/mol. The summed E-state index contributed by atoms with van der Waals surface area (Å²) >= 11 is 0. The Morgan fingerprint density at radius 2 is 1.68 bits per heavy atom. The highest BCUT2D eigenvalue weighted by atomic mass is 16.2. The number of nitrogens with one attached hydrogen (secondary N) is 4. The van der Waals surface area contributed by atoms with Crippen molar-refractivity contribution >= 4 is 23.3 Å². The maximum atomic E-state index is 12.5. The van der Waals surface area contributed by atoms with Crippen molar-refractivity contribution in [3.63, 3.8) is 0 Å². The topological polar surface area (TPSA) is 82.3 Å². The molecule has 2 aliphatic rings. The summed E-state index contributed by atoms with van der Waals surface area (Å²) in [6.45, 7) is 3.80. The third kappa shape index (κ3) is 4.95. The Labute approximate surface area is 149 Å². The zero-order valence-corrected chi connectivity index (χ0v) is 15.0. The molecule has 6 nitrogen and oxygen atoms in total. The zero-order chi connectivity index (χ0) is 17.8. The molecule has 4 N–H and O–H groups in total. The molecular weight excluding hydrogens is 316 g/mol. The number of para-hydroxylation sites is 2. The van der Waals surface area contributed by atoms with Crippen LogP contribution in [-0.4, -0.2) is 30.1 Å². The highest BCUT2D eigenvalue weighted by Crippen LogP contribution is 2.33. The van der Waals surface area contributed by atoms with Gasteiger partial charge in [-0.25, -0.2) is 4.79 Å². The number of urea groups is 1. The molecule has 2 unspecified atom stereocenters. The van der Waals surface area contributed by atoms with Gasteiger partial charge in [-0.15, -0.1) is 0 Å². The third-order valence-corrected chi connectivity index (χ3v) is 4.91. The lowest BCUT2D eigenvalue weighted by Gasteiger charge is -2.28. The second-order valence-corrected chi connectivity index (χ2v) is 7.53. The van der Waals surface area contributed by atoms with E-state index in [1.807, 2.05) is 32.0 Å². The molecule has 2 bridgehead atoms. The molecule has 2 atom stereocenters. The molecule has 1 aromatic rings. The molecule has 25 heavy (non-hydrogen) atoms. The summed E-state index contributed by atoms with van der Waals surface area (Å²) in [5.41, 5.74) is 1.25. The van der Waals surface area contributed by atoms with Gasteiger partial charge in [0.2, 0.25) is 5.91 Å². The van der Waals surface area contributed by atoms with E-state index < -0.39 is 0 Å². The monoisotopic (exact) mass is 344 g/mol. The van der Waals surface area contributed by atoms with Crippen LogP contribution < -0.4 is 21.3 Å². The molecule has 136 valence electrons. The number of carbonyl (C=O) groups excluding carboxylic acids is 2. The van der Waals surface area contributed by atoms with Crippen molar-refractivity contribution in [2.24, 2.45) is 5.92 Å². The molecule has 2 fully saturated rings. The van der Waals surface area contributed by atoms with Gasteiger partial charge in [0.1, 0.15) is 0 Å². The number of piperidine rings is 1. The Hall–Kier alpha value is -2.08. The maximum Gasteiger partial charge on any atom is 0.319 e. The van der Waals surface area contributed by atoms with E-state index >= 15 is 0 Å². The van der Waals surface area contributed by atoms with Gasteiger partial charge < -0.3 is 21.3 Å². The molecular formula is C19H28N4O2. The molecule has 0 aromatic heterocycles. The van der Waals surface area contributed by atoms with Crippen LogP contribution in [0.2, 0.25) is 0 Å². The SMILES string of the molecule is CC(C)NC(=O)Nc1ccccc1NC(=O)CC1CC2CCC(C1)N2. The molecule has 1 aromatic carbocycles. The van der Waals surface area contributed by atoms with Crippen LogP contribution in [0.1, 0.15) is 46.0 Å². The van der Waals surface area contributed by atoms with Crippen molar-refractivity contribution in [2.45, 2.75) is 64.1 Å². The standard InChI is InChI=1S/C19H28N4O2/c1-12(2)20-19(25)23-17-6-4-3-5-16(17)22-18(24)11-13-9-14-7-8-15(10-13)21-14/h3-6,12-15,21H,7-11H2,1-2H3,(H,22,24)(H2,20,23,25). The fraction of sp³-hybridized carbons (Fsp3) is 0.579. The van der Waals surface area contributed by atoms with E-state index in [9.17, 15) is 9.59 Å². The van der Waals surface area contributed by atoms with Gasteiger partial charge in [0.15, 0.2) is 0 Å². The molecule has 0 radical (unpaired) electrons. The summed E-state index contributed by atoms with van der Waals surface area (Å²) in [6.07, 6.45) is 5.18. The van der Waals surface area contributed by atoms with Crippen LogP contribution in [0.15, 0.2) is 24.3 Å². The third-order valence-electron chi connectivity index (χ3n) is 4.91. The van der Waals surface area contributed by atoms with Gasteiger partial charge in [-0.2, -0.15) is 0 Å². The van der Waals surface area contributed by atoms with Crippen LogP contribution >= 0.6 is 0 Å². The number of amides is 3. The lowest BCUT2D eigenvalue weighted by Crippen LogP contribution is -2.39. The van der Waals surface area contributed by atoms with Crippen molar-refractivity contribution in [1.29, 1.82) is 0 Å². The van der Waals surface area contributed by atoms with Crippen molar-refractivity contribution in [2.75, 3.05) is 10.6 Å². The minimum atomic E-state index is -0.272. The van der Waals surface area contributed by atoms with Gasteiger partial charge in [0.25, 0.3) is 0 Å². The molecule has 2 heterocycles. The van der Waals surface area contributed by atoms with Crippen molar-refractivity contribution < 1.29 is 9.59 Å². The number of hydrogen-bond acceptors (Lipinski definition) is 3. The molecule has 6 heteroatoms. The fourth-order valence-electron chi connectivity index (χ4n) is 3.93. The second kappa shape index (κ2) is 7.87. The van der Waals surface area contributed by atoms with Crippen LogP contribution in [0, 0.1) is 5.92 Å². The first-order valence-corrected chi connectivity index (χ1v) is 9.22. The Morgan fingerprint density at radius 3 is 2.28 bits per heavy atom. The minimum absolute atomic E-state index is 0.0183. The summed E-state index contributed by atoms with van der Waals surface area (Å²) in [4.78, 5) is 24.4. The van der Waals surface area contributed by atoms with Crippen molar-refractivity contribution in [3.05, 3.63) is 24.3 Å². The predicted octanol–water partition coefficient (Wildman–Crippen LogP) is 3.08. The molecule has 3 amide bonds. The van der Waals surface area contributed by atoms with E-state index in [4.69, 9.17) is 0 Å². The van der Waals surface area contributed by atoms with Gasteiger partial charge in [-0.1, -0.05) is 12.1 Å². The lowest BCUT2D eigenvalue weighted by atomic mass is 9.89. The first-order valence-electron chi connectivity index (χ1n) is 9.22. The maximum absolute atomic E-state index is 12.5. The largest absolute Gasteiger partial charge is 0.336 e. The van der Waals surface area contributed by atoms with Gasteiger partial charge in [0, 0.05) is 24.5 Å². The molecule has 3 rings (SSSR count).